The van der Waals surface area contributed by atoms with E-state index in [2.05, 4.69) is 10.3 Å². The molecule has 1 heterocycles. The molecule has 2 rings (SSSR count). The minimum absolute atomic E-state index is 0.0558. The molecule has 1 N–H and O–H groups in total. The molecule has 0 radical (unpaired) electrons. The molecule has 2 aromatic rings. The lowest BCUT2D eigenvalue weighted by Crippen LogP contribution is -2.02. The summed E-state index contributed by atoms with van der Waals surface area (Å²) < 4.78 is 5.64. The molecule has 0 amide bonds. The van der Waals surface area contributed by atoms with Gasteiger partial charge in [-0.15, -0.1) is 0 Å². The molecule has 1 aromatic heterocycles. The van der Waals surface area contributed by atoms with Crippen LogP contribution in [0.3, 0.4) is 0 Å². The lowest BCUT2D eigenvalue weighted by Gasteiger charge is -2.09. The summed E-state index contributed by atoms with van der Waals surface area (Å²) in [5.41, 5.74) is 2.19. The third kappa shape index (κ3) is 3.68. The average Bonchev–Trinajstić information content (AvgIpc) is 2.43. The Morgan fingerprint density at radius 2 is 2.00 bits per heavy atom. The monoisotopic (exact) mass is 287 g/mol. The van der Waals surface area contributed by atoms with Gasteiger partial charge in [0.05, 0.1) is 17.1 Å². The van der Waals surface area contributed by atoms with Crippen molar-refractivity contribution in [2.24, 2.45) is 0 Å². The number of benzene rings is 1. The van der Waals surface area contributed by atoms with Gasteiger partial charge in [0.25, 0.3) is 5.69 Å². The Labute approximate surface area is 122 Å². The van der Waals surface area contributed by atoms with E-state index in [0.29, 0.717) is 18.1 Å². The van der Waals surface area contributed by atoms with E-state index in [-0.39, 0.29) is 11.6 Å². The van der Waals surface area contributed by atoms with Gasteiger partial charge in [-0.2, -0.15) is 4.98 Å². The van der Waals surface area contributed by atoms with Gasteiger partial charge in [-0.3, -0.25) is 10.1 Å². The highest BCUT2D eigenvalue weighted by molar-refractivity contribution is 5.49. The van der Waals surface area contributed by atoms with Gasteiger partial charge >= 0.3 is 0 Å². The van der Waals surface area contributed by atoms with Crippen LogP contribution in [0.5, 0.6) is 11.6 Å². The first kappa shape index (κ1) is 14.8. The second-order valence-electron chi connectivity index (χ2n) is 4.68. The van der Waals surface area contributed by atoms with Crippen molar-refractivity contribution in [3.05, 3.63) is 51.6 Å². The molecule has 1 aromatic carbocycles. The first-order valence-electron chi connectivity index (χ1n) is 6.65. The molecule has 0 saturated heterocycles. The predicted molar refractivity (Wildman–Crippen MR) is 81.0 cm³/mol. The largest absolute Gasteiger partial charge is 0.439 e. The Bertz CT molecular complexity index is 671. The van der Waals surface area contributed by atoms with E-state index in [1.54, 1.807) is 0 Å². The third-order valence-corrected chi connectivity index (χ3v) is 3.06. The standard InChI is InChI=1S/C15H17N3O3/c1-4-16-14-8-12(18(19)20)9-15(17-14)21-13-6-5-10(2)11(3)7-13/h5-9H,4H2,1-3H3,(H,16,17). The summed E-state index contributed by atoms with van der Waals surface area (Å²) in [7, 11) is 0. The molecule has 6 heteroatoms. The number of anilines is 1. The highest BCUT2D eigenvalue weighted by atomic mass is 16.6. The Hall–Kier alpha value is -2.63. The number of nitrogens with one attached hydrogen (secondary N) is 1. The van der Waals surface area contributed by atoms with Crippen molar-refractivity contribution >= 4 is 11.5 Å². The summed E-state index contributed by atoms with van der Waals surface area (Å²) in [5.74, 6) is 1.22. The molecule has 0 saturated carbocycles. The molecular weight excluding hydrogens is 270 g/mol. The second kappa shape index (κ2) is 6.21. The predicted octanol–water partition coefficient (Wildman–Crippen LogP) is 3.83. The van der Waals surface area contributed by atoms with Crippen molar-refractivity contribution in [1.82, 2.24) is 4.98 Å². The molecule has 110 valence electrons. The van der Waals surface area contributed by atoms with Crippen LogP contribution < -0.4 is 10.1 Å². The van der Waals surface area contributed by atoms with E-state index in [1.807, 2.05) is 39.0 Å². The summed E-state index contributed by atoms with van der Waals surface area (Å²) >= 11 is 0. The van der Waals surface area contributed by atoms with Crippen molar-refractivity contribution < 1.29 is 9.66 Å². The molecular formula is C15H17N3O3. The van der Waals surface area contributed by atoms with Crippen LogP contribution in [0.1, 0.15) is 18.1 Å². The van der Waals surface area contributed by atoms with Crippen LogP contribution in [0.4, 0.5) is 11.5 Å². The van der Waals surface area contributed by atoms with Gasteiger partial charge < -0.3 is 10.1 Å². The Morgan fingerprint density at radius 3 is 2.62 bits per heavy atom. The molecule has 0 aliphatic rings. The minimum atomic E-state index is -0.463. The number of aryl methyl sites for hydroxylation is 2. The third-order valence-electron chi connectivity index (χ3n) is 3.06. The number of hydrogen-bond donors (Lipinski definition) is 1. The molecule has 0 spiro atoms. The molecule has 21 heavy (non-hydrogen) atoms. The Morgan fingerprint density at radius 1 is 1.24 bits per heavy atom. The van der Waals surface area contributed by atoms with Crippen LogP contribution in [0.25, 0.3) is 0 Å². The number of aromatic nitrogens is 1. The summed E-state index contributed by atoms with van der Waals surface area (Å²) in [6, 6.07) is 8.33. The summed E-state index contributed by atoms with van der Waals surface area (Å²) in [5, 5.41) is 13.9. The van der Waals surface area contributed by atoms with Gasteiger partial charge in [-0.25, -0.2) is 0 Å². The number of rotatable bonds is 5. The summed E-state index contributed by atoms with van der Waals surface area (Å²) in [6.45, 7) is 6.50. The quantitative estimate of drug-likeness (QED) is 0.668. The first-order chi connectivity index (χ1) is 9.99. The molecule has 0 fully saturated rings. The molecule has 0 bridgehead atoms. The van der Waals surface area contributed by atoms with E-state index < -0.39 is 4.92 Å². The van der Waals surface area contributed by atoms with Crippen LogP contribution in [-0.2, 0) is 0 Å². The maximum absolute atomic E-state index is 11.0. The smallest absolute Gasteiger partial charge is 0.278 e. The zero-order chi connectivity index (χ0) is 15.4. The molecule has 6 nitrogen and oxygen atoms in total. The summed E-state index contributed by atoms with van der Waals surface area (Å²) in [6.07, 6.45) is 0. The fourth-order valence-corrected chi connectivity index (χ4v) is 1.82. The molecule has 0 aliphatic heterocycles. The lowest BCUT2D eigenvalue weighted by atomic mass is 10.1. The van der Waals surface area contributed by atoms with Crippen molar-refractivity contribution in [2.75, 3.05) is 11.9 Å². The van der Waals surface area contributed by atoms with Gasteiger partial charge in [0.1, 0.15) is 11.6 Å². The fourth-order valence-electron chi connectivity index (χ4n) is 1.82. The Balaban J connectivity index is 2.33. The van der Waals surface area contributed by atoms with Gasteiger partial charge in [-0.1, -0.05) is 6.07 Å². The molecule has 0 aliphatic carbocycles. The van der Waals surface area contributed by atoms with Gasteiger partial charge in [0.15, 0.2) is 0 Å². The summed E-state index contributed by atoms with van der Waals surface area (Å²) in [4.78, 5) is 14.7. The van der Waals surface area contributed by atoms with Gasteiger partial charge in [0.2, 0.25) is 5.88 Å². The van der Waals surface area contributed by atoms with Crippen LogP contribution in [0.15, 0.2) is 30.3 Å². The van der Waals surface area contributed by atoms with Crippen molar-refractivity contribution in [2.45, 2.75) is 20.8 Å². The number of hydrogen-bond acceptors (Lipinski definition) is 5. The van der Waals surface area contributed by atoms with Gasteiger partial charge in [0, 0.05) is 6.54 Å². The average molecular weight is 287 g/mol. The zero-order valence-electron chi connectivity index (χ0n) is 12.2. The number of ether oxygens (including phenoxy) is 1. The maximum Gasteiger partial charge on any atom is 0.278 e. The number of nitro groups is 1. The van der Waals surface area contributed by atoms with E-state index in [1.165, 1.54) is 12.1 Å². The number of nitrogens with zero attached hydrogens (tertiary/aromatic N) is 2. The molecule has 0 atom stereocenters. The Kier molecular flexibility index (Phi) is 4.37. The van der Waals surface area contributed by atoms with Crippen molar-refractivity contribution in [3.8, 4) is 11.6 Å². The van der Waals surface area contributed by atoms with E-state index in [9.17, 15) is 10.1 Å². The lowest BCUT2D eigenvalue weighted by molar-refractivity contribution is -0.384. The normalized spacial score (nSPS) is 10.2. The van der Waals surface area contributed by atoms with E-state index >= 15 is 0 Å². The van der Waals surface area contributed by atoms with Crippen LogP contribution >= 0.6 is 0 Å². The minimum Gasteiger partial charge on any atom is -0.439 e. The zero-order valence-corrected chi connectivity index (χ0v) is 12.2. The molecule has 0 unspecified atom stereocenters. The maximum atomic E-state index is 11.0. The van der Waals surface area contributed by atoms with Crippen molar-refractivity contribution in [1.29, 1.82) is 0 Å². The van der Waals surface area contributed by atoms with Crippen LogP contribution in [0.2, 0.25) is 0 Å². The second-order valence-corrected chi connectivity index (χ2v) is 4.68. The van der Waals surface area contributed by atoms with Crippen LogP contribution in [0, 0.1) is 24.0 Å². The van der Waals surface area contributed by atoms with E-state index in [4.69, 9.17) is 4.74 Å². The first-order valence-corrected chi connectivity index (χ1v) is 6.65. The topological polar surface area (TPSA) is 77.3 Å². The fraction of sp³-hybridized carbons (Fsp3) is 0.267. The van der Waals surface area contributed by atoms with Crippen LogP contribution in [-0.4, -0.2) is 16.5 Å². The highest BCUT2D eigenvalue weighted by Gasteiger charge is 2.12. The SMILES string of the molecule is CCNc1cc([N+](=O)[O-])cc(Oc2ccc(C)c(C)c2)n1. The van der Waals surface area contributed by atoms with E-state index in [0.717, 1.165) is 11.1 Å². The van der Waals surface area contributed by atoms with Crippen molar-refractivity contribution in [3.63, 3.8) is 0 Å². The van der Waals surface area contributed by atoms with Gasteiger partial charge in [-0.05, 0) is 44.0 Å². The number of pyridine rings is 1. The highest BCUT2D eigenvalue weighted by Crippen LogP contribution is 2.27.